The second kappa shape index (κ2) is 9.42. The minimum atomic E-state index is 0.501. The van der Waals surface area contributed by atoms with Crippen LogP contribution < -0.4 is 5.32 Å². The topological polar surface area (TPSA) is 12.0 Å². The molecule has 0 bridgehead atoms. The van der Waals surface area contributed by atoms with Gasteiger partial charge >= 0.3 is 0 Å². The minimum Gasteiger partial charge on any atom is -0.311 e. The average Bonchev–Trinajstić information content (AvgIpc) is 3.30. The van der Waals surface area contributed by atoms with E-state index < -0.39 is 0 Å². The Bertz CT molecular complexity index is 502. The van der Waals surface area contributed by atoms with Gasteiger partial charge in [-0.05, 0) is 90.2 Å². The zero-order chi connectivity index (χ0) is 17.4. The van der Waals surface area contributed by atoms with Crippen LogP contribution in [0.3, 0.4) is 0 Å². The number of rotatable bonds is 6. The zero-order valence-corrected chi connectivity index (χ0v) is 16.2. The third-order valence-corrected chi connectivity index (χ3v) is 5.75. The molecule has 24 heavy (non-hydrogen) atoms. The Balaban J connectivity index is 2.24. The normalized spacial score (nSPS) is 25.4. The molecule has 1 saturated carbocycles. The predicted molar refractivity (Wildman–Crippen MR) is 107 cm³/mol. The maximum absolute atomic E-state index is 4.28. The van der Waals surface area contributed by atoms with Crippen molar-refractivity contribution in [2.24, 2.45) is 5.92 Å². The van der Waals surface area contributed by atoms with E-state index in [0.717, 1.165) is 12.3 Å². The van der Waals surface area contributed by atoms with Crippen LogP contribution in [0.15, 0.2) is 47.6 Å². The van der Waals surface area contributed by atoms with Gasteiger partial charge in [-0.25, -0.2) is 0 Å². The highest BCUT2D eigenvalue weighted by Gasteiger charge is 2.42. The number of allylic oxidation sites excluding steroid dienone is 7. The first kappa shape index (κ1) is 19.2. The van der Waals surface area contributed by atoms with Gasteiger partial charge < -0.3 is 5.32 Å². The first-order valence-corrected chi connectivity index (χ1v) is 9.99. The van der Waals surface area contributed by atoms with Gasteiger partial charge in [0, 0.05) is 5.54 Å². The summed E-state index contributed by atoms with van der Waals surface area (Å²) in [6.45, 7) is 11.9. The Hall–Kier alpha value is -1.08. The SMILES string of the molecule is C=C(C)C(C=CC)=C(CCC=CC)C1CCCCNC2(CC1)CC2. The van der Waals surface area contributed by atoms with Gasteiger partial charge in [-0.1, -0.05) is 48.5 Å². The summed E-state index contributed by atoms with van der Waals surface area (Å²) in [6, 6.07) is 0. The van der Waals surface area contributed by atoms with Gasteiger partial charge in [0.15, 0.2) is 0 Å². The Morgan fingerprint density at radius 1 is 1.12 bits per heavy atom. The smallest absolute Gasteiger partial charge is 0.0183 e. The average molecular weight is 328 g/mol. The van der Waals surface area contributed by atoms with E-state index >= 15 is 0 Å². The summed E-state index contributed by atoms with van der Waals surface area (Å²) >= 11 is 0. The molecule has 0 amide bonds. The van der Waals surface area contributed by atoms with Crippen LogP contribution in [0.5, 0.6) is 0 Å². The summed E-state index contributed by atoms with van der Waals surface area (Å²) in [4.78, 5) is 0. The van der Waals surface area contributed by atoms with Crippen LogP contribution in [0.1, 0.15) is 78.6 Å². The molecule has 1 saturated heterocycles. The molecule has 0 aromatic rings. The molecule has 134 valence electrons. The molecule has 2 fully saturated rings. The van der Waals surface area contributed by atoms with E-state index in [-0.39, 0.29) is 0 Å². The monoisotopic (exact) mass is 327 g/mol. The van der Waals surface area contributed by atoms with Crippen molar-refractivity contribution in [3.63, 3.8) is 0 Å². The Kier molecular flexibility index (Phi) is 7.55. The molecule has 0 aromatic heterocycles. The maximum Gasteiger partial charge on any atom is 0.0183 e. The van der Waals surface area contributed by atoms with Gasteiger partial charge in [0.05, 0.1) is 0 Å². The molecule has 2 aliphatic rings. The largest absolute Gasteiger partial charge is 0.311 e. The number of nitrogens with one attached hydrogen (secondary N) is 1. The molecule has 1 heteroatoms. The standard InChI is InChI=1S/C23H37N/c1-5-7-8-13-22(21(11-6-2)19(3)4)20-12-9-10-18-24-23(15-14-20)16-17-23/h5-7,11,20,24H,3,8-10,12-18H2,1-2,4H3. The highest BCUT2D eigenvalue weighted by molar-refractivity contribution is 5.42. The first-order valence-electron chi connectivity index (χ1n) is 9.99. The van der Waals surface area contributed by atoms with Crippen molar-refractivity contribution < 1.29 is 0 Å². The highest BCUT2D eigenvalue weighted by atomic mass is 15.0. The van der Waals surface area contributed by atoms with Crippen LogP contribution >= 0.6 is 0 Å². The van der Waals surface area contributed by atoms with Crippen LogP contribution in [0.25, 0.3) is 0 Å². The number of hydrogen-bond acceptors (Lipinski definition) is 1. The first-order chi connectivity index (χ1) is 11.6. The summed E-state index contributed by atoms with van der Waals surface area (Å²) in [6.07, 6.45) is 20.8. The Morgan fingerprint density at radius 3 is 2.54 bits per heavy atom. The van der Waals surface area contributed by atoms with Crippen molar-refractivity contribution in [3.8, 4) is 0 Å². The van der Waals surface area contributed by atoms with Crippen LogP contribution in [0.4, 0.5) is 0 Å². The van der Waals surface area contributed by atoms with Crippen molar-refractivity contribution >= 4 is 0 Å². The maximum atomic E-state index is 4.28. The van der Waals surface area contributed by atoms with Crippen molar-refractivity contribution in [1.29, 1.82) is 0 Å². The quantitative estimate of drug-likeness (QED) is 0.434. The summed E-state index contributed by atoms with van der Waals surface area (Å²) in [5, 5.41) is 3.84. The van der Waals surface area contributed by atoms with Gasteiger partial charge in [0.25, 0.3) is 0 Å². The summed E-state index contributed by atoms with van der Waals surface area (Å²) < 4.78 is 0. The van der Waals surface area contributed by atoms with Crippen molar-refractivity contribution in [2.45, 2.75) is 84.1 Å². The van der Waals surface area contributed by atoms with Gasteiger partial charge in [0.1, 0.15) is 0 Å². The molecular weight excluding hydrogens is 290 g/mol. The number of hydrogen-bond donors (Lipinski definition) is 1. The van der Waals surface area contributed by atoms with Gasteiger partial charge in [-0.2, -0.15) is 0 Å². The molecule has 2 rings (SSSR count). The van der Waals surface area contributed by atoms with Crippen LogP contribution in [-0.4, -0.2) is 12.1 Å². The lowest BCUT2D eigenvalue weighted by Gasteiger charge is -2.25. The molecule has 0 aromatic carbocycles. The lowest BCUT2D eigenvalue weighted by Crippen LogP contribution is -2.31. The molecule has 1 aliphatic carbocycles. The molecule has 1 nitrogen and oxygen atoms in total. The van der Waals surface area contributed by atoms with Crippen LogP contribution in [-0.2, 0) is 0 Å². The Morgan fingerprint density at radius 2 is 1.92 bits per heavy atom. The fourth-order valence-electron chi connectivity index (χ4n) is 4.13. The molecular formula is C23H37N. The van der Waals surface area contributed by atoms with Crippen LogP contribution in [0, 0.1) is 5.92 Å². The van der Waals surface area contributed by atoms with E-state index in [0.29, 0.717) is 5.54 Å². The lowest BCUT2D eigenvalue weighted by atomic mass is 9.81. The highest BCUT2D eigenvalue weighted by Crippen LogP contribution is 2.43. The third kappa shape index (κ3) is 5.48. The summed E-state index contributed by atoms with van der Waals surface area (Å²) in [7, 11) is 0. The van der Waals surface area contributed by atoms with Gasteiger partial charge in [-0.3, -0.25) is 0 Å². The van der Waals surface area contributed by atoms with Crippen molar-refractivity contribution in [3.05, 3.63) is 47.6 Å². The van der Waals surface area contributed by atoms with E-state index in [1.54, 1.807) is 5.57 Å². The summed E-state index contributed by atoms with van der Waals surface area (Å²) in [5.41, 5.74) is 4.81. The molecule has 1 spiro atoms. The lowest BCUT2D eigenvalue weighted by molar-refractivity contribution is 0.420. The zero-order valence-electron chi connectivity index (χ0n) is 16.2. The second-order valence-corrected chi connectivity index (χ2v) is 7.77. The predicted octanol–water partition coefficient (Wildman–Crippen LogP) is 6.49. The van der Waals surface area contributed by atoms with Crippen molar-refractivity contribution in [1.82, 2.24) is 5.32 Å². The van der Waals surface area contributed by atoms with Crippen molar-refractivity contribution in [2.75, 3.05) is 6.54 Å². The second-order valence-electron chi connectivity index (χ2n) is 7.77. The minimum absolute atomic E-state index is 0.501. The molecule has 0 radical (unpaired) electrons. The Labute approximate surface area is 150 Å². The van der Waals surface area contributed by atoms with Crippen LogP contribution in [0.2, 0.25) is 0 Å². The molecule has 1 aliphatic heterocycles. The fourth-order valence-corrected chi connectivity index (χ4v) is 4.13. The molecule has 1 N–H and O–H groups in total. The molecule has 1 heterocycles. The molecule has 1 atom stereocenters. The van der Waals surface area contributed by atoms with Gasteiger partial charge in [0.2, 0.25) is 0 Å². The summed E-state index contributed by atoms with van der Waals surface area (Å²) in [5.74, 6) is 0.732. The molecule has 1 unspecified atom stereocenters. The van der Waals surface area contributed by atoms with E-state index in [4.69, 9.17) is 0 Å². The fraction of sp³-hybridized carbons (Fsp3) is 0.652. The van der Waals surface area contributed by atoms with E-state index in [2.05, 4.69) is 57.0 Å². The van der Waals surface area contributed by atoms with E-state index in [1.165, 1.54) is 69.1 Å². The van der Waals surface area contributed by atoms with Gasteiger partial charge in [-0.15, -0.1) is 0 Å². The third-order valence-electron chi connectivity index (χ3n) is 5.75. The van der Waals surface area contributed by atoms with E-state index in [9.17, 15) is 0 Å². The van der Waals surface area contributed by atoms with E-state index in [1.807, 2.05) is 0 Å².